The molecular formula is C10H16FN5O. The molecule has 0 radical (unpaired) electrons. The number of anilines is 2. The first-order valence-electron chi connectivity index (χ1n) is 5.53. The number of nitrogens with one attached hydrogen (secondary N) is 2. The average Bonchev–Trinajstić information content (AvgIpc) is 2.79. The van der Waals surface area contributed by atoms with Crippen molar-refractivity contribution < 1.29 is 9.13 Å². The number of hydrazine groups is 1. The third-order valence-electron chi connectivity index (χ3n) is 2.95. The molecule has 2 rings (SSSR count). The summed E-state index contributed by atoms with van der Waals surface area (Å²) in [6, 6.07) is 0.0787. The second kappa shape index (κ2) is 5.24. The van der Waals surface area contributed by atoms with Crippen LogP contribution >= 0.6 is 0 Å². The van der Waals surface area contributed by atoms with Gasteiger partial charge in [0.15, 0.2) is 11.6 Å². The lowest BCUT2D eigenvalue weighted by atomic mass is 10.2. The van der Waals surface area contributed by atoms with Crippen LogP contribution in [0.5, 0.6) is 0 Å². The van der Waals surface area contributed by atoms with Crippen LogP contribution in [0.2, 0.25) is 0 Å². The maximum atomic E-state index is 13.5. The molecule has 7 heteroatoms. The zero-order valence-electron chi connectivity index (χ0n) is 9.61. The number of aromatic nitrogens is 2. The molecule has 17 heavy (non-hydrogen) atoms. The van der Waals surface area contributed by atoms with Gasteiger partial charge in [0.1, 0.15) is 0 Å². The standard InChI is InChI=1S/C10H16FN5O/c1-17-8-4-2-3-7(8)14-9-6(11)5-13-10(15-9)16-12/h5,7-8H,2-4,12H2,1H3,(H2,13,14,15,16). The van der Waals surface area contributed by atoms with E-state index in [1.807, 2.05) is 0 Å². The number of nitrogen functional groups attached to an aromatic ring is 1. The molecule has 0 aromatic carbocycles. The van der Waals surface area contributed by atoms with Crippen molar-refractivity contribution in [2.75, 3.05) is 17.9 Å². The Balaban J connectivity index is 2.12. The summed E-state index contributed by atoms with van der Waals surface area (Å²) in [7, 11) is 1.66. The highest BCUT2D eigenvalue weighted by molar-refractivity contribution is 5.41. The third-order valence-corrected chi connectivity index (χ3v) is 2.95. The van der Waals surface area contributed by atoms with E-state index in [2.05, 4.69) is 20.7 Å². The highest BCUT2D eigenvalue weighted by atomic mass is 19.1. The molecule has 0 aliphatic heterocycles. The lowest BCUT2D eigenvalue weighted by Gasteiger charge is -2.20. The van der Waals surface area contributed by atoms with Crippen molar-refractivity contribution in [3.63, 3.8) is 0 Å². The van der Waals surface area contributed by atoms with Gasteiger partial charge >= 0.3 is 0 Å². The number of methoxy groups -OCH3 is 1. The Morgan fingerprint density at radius 2 is 2.35 bits per heavy atom. The molecule has 0 spiro atoms. The molecule has 6 nitrogen and oxygen atoms in total. The number of rotatable bonds is 4. The highest BCUT2D eigenvalue weighted by Crippen LogP contribution is 2.25. The Kier molecular flexibility index (Phi) is 3.70. The SMILES string of the molecule is COC1CCCC1Nc1nc(NN)ncc1F. The summed E-state index contributed by atoms with van der Waals surface area (Å²) in [6.45, 7) is 0. The van der Waals surface area contributed by atoms with Crippen molar-refractivity contribution in [3.8, 4) is 0 Å². The summed E-state index contributed by atoms with van der Waals surface area (Å²) in [4.78, 5) is 7.61. The van der Waals surface area contributed by atoms with Gasteiger partial charge in [0.05, 0.1) is 18.3 Å². The van der Waals surface area contributed by atoms with Crippen molar-refractivity contribution in [1.82, 2.24) is 9.97 Å². The molecule has 1 saturated carbocycles. The topological polar surface area (TPSA) is 85.1 Å². The van der Waals surface area contributed by atoms with Crippen LogP contribution in [-0.4, -0.2) is 29.2 Å². The van der Waals surface area contributed by atoms with Gasteiger partial charge in [-0.1, -0.05) is 0 Å². The minimum atomic E-state index is -0.495. The summed E-state index contributed by atoms with van der Waals surface area (Å²) in [5.41, 5.74) is 2.28. The van der Waals surface area contributed by atoms with Gasteiger partial charge in [-0.25, -0.2) is 15.2 Å². The monoisotopic (exact) mass is 241 g/mol. The molecule has 0 bridgehead atoms. The first-order valence-corrected chi connectivity index (χ1v) is 5.53. The fourth-order valence-electron chi connectivity index (χ4n) is 2.09. The zero-order valence-corrected chi connectivity index (χ0v) is 9.61. The van der Waals surface area contributed by atoms with Crippen LogP contribution in [0.3, 0.4) is 0 Å². The molecule has 1 aromatic heterocycles. The van der Waals surface area contributed by atoms with Gasteiger partial charge in [0, 0.05) is 7.11 Å². The van der Waals surface area contributed by atoms with E-state index in [1.165, 1.54) is 0 Å². The molecule has 0 saturated heterocycles. The number of hydrogen-bond donors (Lipinski definition) is 3. The maximum absolute atomic E-state index is 13.5. The maximum Gasteiger partial charge on any atom is 0.239 e. The Morgan fingerprint density at radius 1 is 1.53 bits per heavy atom. The largest absolute Gasteiger partial charge is 0.379 e. The third kappa shape index (κ3) is 2.62. The van der Waals surface area contributed by atoms with Gasteiger partial charge in [0.25, 0.3) is 0 Å². The molecule has 4 N–H and O–H groups in total. The van der Waals surface area contributed by atoms with E-state index in [0.29, 0.717) is 0 Å². The fourth-order valence-corrected chi connectivity index (χ4v) is 2.09. The number of nitrogens with two attached hydrogens (primary N) is 1. The first-order chi connectivity index (χ1) is 8.24. The molecule has 1 aromatic rings. The fraction of sp³-hybridized carbons (Fsp3) is 0.600. The van der Waals surface area contributed by atoms with E-state index < -0.39 is 5.82 Å². The quantitative estimate of drug-likeness (QED) is 0.536. The Morgan fingerprint density at radius 3 is 3.06 bits per heavy atom. The Hall–Kier alpha value is -1.47. The predicted molar refractivity (Wildman–Crippen MR) is 61.9 cm³/mol. The Labute approximate surface area is 98.7 Å². The van der Waals surface area contributed by atoms with E-state index in [-0.39, 0.29) is 23.9 Å². The molecule has 1 heterocycles. The second-order valence-electron chi connectivity index (χ2n) is 3.99. The summed E-state index contributed by atoms with van der Waals surface area (Å²) in [5.74, 6) is 5.02. The molecule has 2 unspecified atom stereocenters. The molecule has 0 amide bonds. The van der Waals surface area contributed by atoms with Gasteiger partial charge in [0.2, 0.25) is 5.95 Å². The summed E-state index contributed by atoms with van der Waals surface area (Å²) < 4.78 is 18.8. The summed E-state index contributed by atoms with van der Waals surface area (Å²) >= 11 is 0. The molecule has 94 valence electrons. The van der Waals surface area contributed by atoms with E-state index in [9.17, 15) is 4.39 Å². The molecule has 1 fully saturated rings. The summed E-state index contributed by atoms with van der Waals surface area (Å²) in [5, 5.41) is 3.04. The smallest absolute Gasteiger partial charge is 0.239 e. The number of ether oxygens (including phenoxy) is 1. The second-order valence-corrected chi connectivity index (χ2v) is 3.99. The number of nitrogens with zero attached hydrogens (tertiary/aromatic N) is 2. The van der Waals surface area contributed by atoms with E-state index >= 15 is 0 Å². The van der Waals surface area contributed by atoms with Gasteiger partial charge in [-0.15, -0.1) is 0 Å². The van der Waals surface area contributed by atoms with Gasteiger partial charge < -0.3 is 10.1 Å². The normalized spacial score (nSPS) is 23.7. The minimum Gasteiger partial charge on any atom is -0.379 e. The van der Waals surface area contributed by atoms with Gasteiger partial charge in [-0.2, -0.15) is 4.98 Å². The molecule has 1 aliphatic carbocycles. The van der Waals surface area contributed by atoms with Crippen molar-refractivity contribution in [2.24, 2.45) is 5.84 Å². The van der Waals surface area contributed by atoms with Crippen molar-refractivity contribution in [2.45, 2.75) is 31.4 Å². The van der Waals surface area contributed by atoms with Crippen molar-refractivity contribution in [3.05, 3.63) is 12.0 Å². The number of hydrogen-bond acceptors (Lipinski definition) is 6. The molecule has 2 atom stereocenters. The van der Waals surface area contributed by atoms with Crippen LogP contribution in [0.1, 0.15) is 19.3 Å². The van der Waals surface area contributed by atoms with E-state index in [1.54, 1.807) is 7.11 Å². The van der Waals surface area contributed by atoms with Crippen molar-refractivity contribution in [1.29, 1.82) is 0 Å². The zero-order chi connectivity index (χ0) is 12.3. The lowest BCUT2D eigenvalue weighted by molar-refractivity contribution is 0.101. The summed E-state index contributed by atoms with van der Waals surface area (Å²) in [6.07, 6.45) is 4.15. The van der Waals surface area contributed by atoms with Crippen LogP contribution in [-0.2, 0) is 4.74 Å². The van der Waals surface area contributed by atoms with Crippen LogP contribution in [0, 0.1) is 5.82 Å². The first kappa shape index (κ1) is 12.0. The average molecular weight is 241 g/mol. The van der Waals surface area contributed by atoms with Crippen LogP contribution in [0.4, 0.5) is 16.2 Å². The molecule has 1 aliphatic rings. The lowest BCUT2D eigenvalue weighted by Crippen LogP contribution is -2.30. The van der Waals surface area contributed by atoms with E-state index in [4.69, 9.17) is 10.6 Å². The van der Waals surface area contributed by atoms with Crippen LogP contribution in [0.15, 0.2) is 6.20 Å². The predicted octanol–water partition coefficient (Wildman–Crippen LogP) is 0.881. The van der Waals surface area contributed by atoms with Crippen molar-refractivity contribution >= 4 is 11.8 Å². The van der Waals surface area contributed by atoms with E-state index in [0.717, 1.165) is 25.5 Å². The highest BCUT2D eigenvalue weighted by Gasteiger charge is 2.28. The Bertz CT molecular complexity index is 389. The number of halogens is 1. The van der Waals surface area contributed by atoms with Gasteiger partial charge in [-0.3, -0.25) is 5.43 Å². The van der Waals surface area contributed by atoms with Gasteiger partial charge in [-0.05, 0) is 19.3 Å². The van der Waals surface area contributed by atoms with Crippen LogP contribution < -0.4 is 16.6 Å². The minimum absolute atomic E-state index is 0.0787. The molecular weight excluding hydrogens is 225 g/mol. The van der Waals surface area contributed by atoms with Crippen LogP contribution in [0.25, 0.3) is 0 Å².